The van der Waals surface area contributed by atoms with Crippen molar-refractivity contribution in [3.63, 3.8) is 0 Å². The number of anilines is 2. The number of nitrogens with zero attached hydrogens (tertiary/aromatic N) is 3. The summed E-state index contributed by atoms with van der Waals surface area (Å²) in [5, 5.41) is 20.5. The molecule has 4 rings (SSSR count). The van der Waals surface area contributed by atoms with Crippen molar-refractivity contribution in [3.8, 4) is 0 Å². The number of aromatic carboxylic acids is 1. The number of aliphatic hydroxyl groups is 1. The molecule has 0 bridgehead atoms. The molecular weight excluding hydrogens is 486 g/mol. The van der Waals surface area contributed by atoms with Gasteiger partial charge in [0.1, 0.15) is 0 Å². The Morgan fingerprint density at radius 2 is 1.64 bits per heavy atom. The summed E-state index contributed by atoms with van der Waals surface area (Å²) in [6.07, 6.45) is 2.82. The van der Waals surface area contributed by atoms with E-state index in [2.05, 4.69) is 86.0 Å². The molecule has 6 nitrogen and oxygen atoms in total. The van der Waals surface area contributed by atoms with Gasteiger partial charge >= 0.3 is 5.97 Å². The second kappa shape index (κ2) is 12.1. The molecule has 6 heteroatoms. The molecule has 1 atom stereocenters. The van der Waals surface area contributed by atoms with Crippen molar-refractivity contribution in [1.82, 2.24) is 4.90 Å². The van der Waals surface area contributed by atoms with Crippen molar-refractivity contribution in [3.05, 3.63) is 101 Å². The fourth-order valence-electron chi connectivity index (χ4n) is 5.06. The van der Waals surface area contributed by atoms with E-state index in [1.54, 1.807) is 30.3 Å². The number of likely N-dealkylation sites (N-methyl/N-ethyl adjacent to an activating group) is 1. The predicted molar refractivity (Wildman–Crippen MR) is 161 cm³/mol. The Labute approximate surface area is 232 Å². The first kappa shape index (κ1) is 28.4. The SMILES string of the molecule is CN1CCN(c2cc(C(O)C=Cc3ccc(C(=O)O)cc3)cc(C(C)(C)C)c2N(C)Cc2ccccc2)CC1. The third kappa shape index (κ3) is 7.08. The van der Waals surface area contributed by atoms with Crippen LogP contribution in [-0.2, 0) is 12.0 Å². The Balaban J connectivity index is 1.74. The Bertz CT molecular complexity index is 1290. The van der Waals surface area contributed by atoms with Crippen LogP contribution in [0.3, 0.4) is 0 Å². The van der Waals surface area contributed by atoms with E-state index in [0.717, 1.165) is 49.5 Å². The van der Waals surface area contributed by atoms with Crippen molar-refractivity contribution in [1.29, 1.82) is 0 Å². The monoisotopic (exact) mass is 527 g/mol. The fraction of sp³-hybridized carbons (Fsp3) is 0.364. The van der Waals surface area contributed by atoms with E-state index < -0.39 is 12.1 Å². The van der Waals surface area contributed by atoms with E-state index in [9.17, 15) is 9.90 Å². The van der Waals surface area contributed by atoms with Gasteiger partial charge in [-0.1, -0.05) is 81.5 Å². The maximum atomic E-state index is 11.3. The molecule has 0 radical (unpaired) electrons. The molecule has 0 spiro atoms. The molecule has 206 valence electrons. The standard InChI is InChI=1S/C33H41N3O3/c1-33(2,3)28-21-27(30(37)16-13-24-11-14-26(15-12-24)32(38)39)22-29(36-19-17-34(4)18-20-36)31(28)35(5)23-25-9-7-6-8-10-25/h6-16,21-22,30,37H,17-20,23H2,1-5H3,(H,38,39). The van der Waals surface area contributed by atoms with Crippen LogP contribution >= 0.6 is 0 Å². The molecule has 1 aliphatic heterocycles. The van der Waals surface area contributed by atoms with E-state index >= 15 is 0 Å². The van der Waals surface area contributed by atoms with Gasteiger partial charge in [-0.3, -0.25) is 0 Å². The average Bonchev–Trinajstić information content (AvgIpc) is 2.91. The van der Waals surface area contributed by atoms with E-state index in [0.29, 0.717) is 0 Å². The van der Waals surface area contributed by atoms with Crippen LogP contribution in [-0.4, -0.2) is 61.4 Å². The minimum atomic E-state index is -0.950. The van der Waals surface area contributed by atoms with E-state index in [1.165, 1.54) is 16.8 Å². The smallest absolute Gasteiger partial charge is 0.335 e. The van der Waals surface area contributed by atoms with Crippen LogP contribution < -0.4 is 9.80 Å². The van der Waals surface area contributed by atoms with E-state index in [-0.39, 0.29) is 11.0 Å². The third-order valence-corrected chi connectivity index (χ3v) is 7.38. The molecule has 2 N–H and O–H groups in total. The topological polar surface area (TPSA) is 67.2 Å². The zero-order valence-electron chi connectivity index (χ0n) is 23.8. The van der Waals surface area contributed by atoms with Gasteiger partial charge in [0, 0.05) is 39.8 Å². The highest BCUT2D eigenvalue weighted by Crippen LogP contribution is 2.42. The third-order valence-electron chi connectivity index (χ3n) is 7.38. The van der Waals surface area contributed by atoms with E-state index in [1.807, 2.05) is 12.1 Å². The highest BCUT2D eigenvalue weighted by molar-refractivity contribution is 5.87. The molecule has 39 heavy (non-hydrogen) atoms. The molecule has 1 aliphatic rings. The number of benzene rings is 3. The van der Waals surface area contributed by atoms with Crippen LogP contribution in [0.25, 0.3) is 6.08 Å². The number of piperazine rings is 1. The first-order valence-corrected chi connectivity index (χ1v) is 13.6. The van der Waals surface area contributed by atoms with Crippen LogP contribution in [0.2, 0.25) is 0 Å². The molecule has 0 amide bonds. The zero-order valence-corrected chi connectivity index (χ0v) is 23.8. The predicted octanol–water partition coefficient (Wildman–Crippen LogP) is 5.82. The van der Waals surface area contributed by atoms with Gasteiger partial charge in [0.15, 0.2) is 0 Å². The van der Waals surface area contributed by atoms with E-state index in [4.69, 9.17) is 5.11 Å². The first-order chi connectivity index (χ1) is 18.5. The van der Waals surface area contributed by atoms with Crippen molar-refractivity contribution < 1.29 is 15.0 Å². The lowest BCUT2D eigenvalue weighted by Gasteiger charge is -2.39. The van der Waals surface area contributed by atoms with Crippen LogP contribution in [0.1, 0.15) is 59.5 Å². The number of rotatable bonds is 8. The summed E-state index contributed by atoms with van der Waals surface area (Å²) in [6.45, 7) is 11.3. The number of carbonyl (C=O) groups is 1. The van der Waals surface area contributed by atoms with Crippen molar-refractivity contribution in [2.24, 2.45) is 0 Å². The summed E-state index contributed by atoms with van der Waals surface area (Å²) in [7, 11) is 4.32. The van der Waals surface area contributed by atoms with Crippen LogP contribution in [0.4, 0.5) is 11.4 Å². The lowest BCUT2D eigenvalue weighted by atomic mass is 9.82. The van der Waals surface area contributed by atoms with Gasteiger partial charge in [-0.15, -0.1) is 0 Å². The molecule has 1 saturated heterocycles. The summed E-state index contributed by atoms with van der Waals surface area (Å²) in [5.41, 5.74) is 6.61. The molecule has 1 fully saturated rings. The van der Waals surface area contributed by atoms with Crippen molar-refractivity contribution >= 4 is 23.4 Å². The second-order valence-corrected chi connectivity index (χ2v) is 11.5. The van der Waals surface area contributed by atoms with Crippen molar-refractivity contribution in [2.75, 3.05) is 50.1 Å². The number of hydrogen-bond donors (Lipinski definition) is 2. The van der Waals surface area contributed by atoms with Crippen molar-refractivity contribution in [2.45, 2.75) is 38.8 Å². The van der Waals surface area contributed by atoms with Crippen LogP contribution in [0.15, 0.2) is 72.8 Å². The Morgan fingerprint density at radius 3 is 2.23 bits per heavy atom. The summed E-state index contributed by atoms with van der Waals surface area (Å²) in [6, 6.07) is 21.5. The largest absolute Gasteiger partial charge is 0.478 e. The molecule has 1 unspecified atom stereocenters. The lowest BCUT2D eigenvalue weighted by molar-refractivity contribution is 0.0697. The number of hydrogen-bond acceptors (Lipinski definition) is 5. The minimum Gasteiger partial charge on any atom is -0.478 e. The van der Waals surface area contributed by atoms with Gasteiger partial charge in [-0.05, 0) is 52.9 Å². The lowest BCUT2D eigenvalue weighted by Crippen LogP contribution is -2.45. The van der Waals surface area contributed by atoms with Crippen LogP contribution in [0, 0.1) is 0 Å². The molecule has 1 heterocycles. The Hall–Kier alpha value is -3.61. The second-order valence-electron chi connectivity index (χ2n) is 11.5. The first-order valence-electron chi connectivity index (χ1n) is 13.6. The molecule has 3 aromatic carbocycles. The normalized spacial score (nSPS) is 15.5. The summed E-state index contributed by atoms with van der Waals surface area (Å²) in [5.74, 6) is -0.950. The van der Waals surface area contributed by atoms with Gasteiger partial charge in [0.05, 0.1) is 23.0 Å². The molecule has 0 aromatic heterocycles. The number of carboxylic acid groups (broad SMARTS) is 1. The fourth-order valence-corrected chi connectivity index (χ4v) is 5.06. The summed E-state index contributed by atoms with van der Waals surface area (Å²) in [4.78, 5) is 18.3. The number of carboxylic acids is 1. The Kier molecular flexibility index (Phi) is 8.78. The highest BCUT2D eigenvalue weighted by atomic mass is 16.4. The molecular formula is C33H41N3O3. The molecule has 3 aromatic rings. The molecule has 0 saturated carbocycles. The quantitative estimate of drug-likeness (QED) is 0.385. The van der Waals surface area contributed by atoms with Gasteiger partial charge in [0.25, 0.3) is 0 Å². The van der Waals surface area contributed by atoms with Crippen LogP contribution in [0.5, 0.6) is 0 Å². The summed E-state index contributed by atoms with van der Waals surface area (Å²) >= 11 is 0. The maximum absolute atomic E-state index is 11.3. The summed E-state index contributed by atoms with van der Waals surface area (Å²) < 4.78 is 0. The average molecular weight is 528 g/mol. The van der Waals surface area contributed by atoms with Gasteiger partial charge in [-0.2, -0.15) is 0 Å². The van der Waals surface area contributed by atoms with Gasteiger partial charge in [0.2, 0.25) is 0 Å². The maximum Gasteiger partial charge on any atom is 0.335 e. The highest BCUT2D eigenvalue weighted by Gasteiger charge is 2.28. The van der Waals surface area contributed by atoms with Gasteiger partial charge in [-0.25, -0.2) is 4.79 Å². The minimum absolute atomic E-state index is 0.145. The Morgan fingerprint density at radius 1 is 1.00 bits per heavy atom. The number of aliphatic hydroxyl groups excluding tert-OH is 1. The zero-order chi connectivity index (χ0) is 28.2. The van der Waals surface area contributed by atoms with Gasteiger partial charge < -0.3 is 24.9 Å². The molecule has 0 aliphatic carbocycles.